The Morgan fingerprint density at radius 2 is 2.00 bits per heavy atom. The topological polar surface area (TPSA) is 34.9 Å². The number of allylic oxidation sites excluding steroid dienone is 1. The summed E-state index contributed by atoms with van der Waals surface area (Å²) in [5, 5.41) is 0. The Kier molecular flexibility index (Phi) is 3.58. The van der Waals surface area contributed by atoms with Crippen LogP contribution in [0.3, 0.4) is 0 Å². The third kappa shape index (κ3) is 2.56. The van der Waals surface area contributed by atoms with Crippen LogP contribution >= 0.6 is 0 Å². The summed E-state index contributed by atoms with van der Waals surface area (Å²) < 4.78 is 16.0. The number of imidazole rings is 1. The largest absolute Gasteiger partial charge is 0.303 e. The van der Waals surface area contributed by atoms with Gasteiger partial charge in [-0.25, -0.2) is 9.37 Å². The van der Waals surface area contributed by atoms with E-state index < -0.39 is 0 Å². The molecule has 0 spiro atoms. The summed E-state index contributed by atoms with van der Waals surface area (Å²) in [6.45, 7) is 0. The Balaban J connectivity index is 1.67. The highest BCUT2D eigenvalue weighted by atomic mass is 19.1. The summed E-state index contributed by atoms with van der Waals surface area (Å²) in [7, 11) is 0. The van der Waals surface area contributed by atoms with Gasteiger partial charge in [-0.1, -0.05) is 30.3 Å². The second-order valence-corrected chi connectivity index (χ2v) is 5.84. The van der Waals surface area contributed by atoms with Gasteiger partial charge >= 0.3 is 0 Å². The number of carbonyl (C=O) groups excluding carboxylic acids is 1. The van der Waals surface area contributed by atoms with Gasteiger partial charge < -0.3 is 4.57 Å². The summed E-state index contributed by atoms with van der Waals surface area (Å²) in [4.78, 5) is 16.5. The van der Waals surface area contributed by atoms with Crippen LogP contribution in [0.1, 0.15) is 27.9 Å². The highest BCUT2D eigenvalue weighted by Crippen LogP contribution is 2.27. The van der Waals surface area contributed by atoms with Crippen molar-refractivity contribution in [2.45, 2.75) is 12.8 Å². The molecule has 1 heterocycles. The number of benzene rings is 2. The van der Waals surface area contributed by atoms with Crippen molar-refractivity contribution in [2.24, 2.45) is 0 Å². The van der Waals surface area contributed by atoms with Gasteiger partial charge in [0.05, 0.1) is 12.0 Å². The lowest BCUT2D eigenvalue weighted by molar-refractivity contribution is 0.102. The van der Waals surface area contributed by atoms with Crippen molar-refractivity contribution in [2.75, 3.05) is 0 Å². The van der Waals surface area contributed by atoms with Crippen molar-refractivity contribution >= 4 is 11.9 Å². The molecule has 3 aromatic rings. The number of carbonyl (C=O) groups is 1. The zero-order chi connectivity index (χ0) is 16.5. The van der Waals surface area contributed by atoms with Crippen molar-refractivity contribution in [1.29, 1.82) is 0 Å². The van der Waals surface area contributed by atoms with Gasteiger partial charge in [0.25, 0.3) is 0 Å². The smallest absolute Gasteiger partial charge is 0.189 e. The lowest BCUT2D eigenvalue weighted by Crippen LogP contribution is -2.13. The number of ketones is 1. The van der Waals surface area contributed by atoms with Gasteiger partial charge in [-0.05, 0) is 42.2 Å². The number of hydrogen-bond acceptors (Lipinski definition) is 2. The van der Waals surface area contributed by atoms with E-state index in [4.69, 9.17) is 0 Å². The van der Waals surface area contributed by atoms with E-state index in [1.807, 2.05) is 30.3 Å². The molecule has 0 aliphatic heterocycles. The number of halogens is 1. The molecule has 118 valence electrons. The molecular formula is C20H15FN2O. The van der Waals surface area contributed by atoms with E-state index in [0.29, 0.717) is 17.7 Å². The maximum Gasteiger partial charge on any atom is 0.189 e. The quantitative estimate of drug-likeness (QED) is 0.663. The molecule has 1 aliphatic carbocycles. The first kappa shape index (κ1) is 14.6. The minimum Gasteiger partial charge on any atom is -0.303 e. The number of aromatic nitrogens is 2. The van der Waals surface area contributed by atoms with Crippen molar-refractivity contribution in [3.05, 3.63) is 89.3 Å². The van der Waals surface area contributed by atoms with Crippen LogP contribution in [0.5, 0.6) is 0 Å². The zero-order valence-corrected chi connectivity index (χ0v) is 12.9. The number of hydrogen-bond donors (Lipinski definition) is 0. The van der Waals surface area contributed by atoms with Crippen LogP contribution in [0.25, 0.3) is 11.8 Å². The molecule has 0 bridgehead atoms. The maximum absolute atomic E-state index is 14.3. The van der Waals surface area contributed by atoms with E-state index in [-0.39, 0.29) is 11.6 Å². The fourth-order valence-electron chi connectivity index (χ4n) is 3.08. The van der Waals surface area contributed by atoms with E-state index in [9.17, 15) is 9.18 Å². The monoisotopic (exact) mass is 318 g/mol. The molecule has 0 saturated carbocycles. The summed E-state index contributed by atoms with van der Waals surface area (Å²) in [6, 6.07) is 12.6. The van der Waals surface area contributed by atoms with Gasteiger partial charge in [0.15, 0.2) is 5.78 Å². The fraction of sp³-hybridized carbons (Fsp3) is 0.100. The fourth-order valence-corrected chi connectivity index (χ4v) is 3.08. The molecule has 4 heteroatoms. The number of rotatable bonds is 2. The molecule has 0 atom stereocenters. The van der Waals surface area contributed by atoms with Crippen LogP contribution in [0, 0.1) is 5.82 Å². The Hall–Kier alpha value is -3.01. The molecule has 0 radical (unpaired) electrons. The third-order valence-corrected chi connectivity index (χ3v) is 4.31. The van der Waals surface area contributed by atoms with Gasteiger partial charge in [0, 0.05) is 23.5 Å². The second kappa shape index (κ2) is 5.89. The molecule has 0 fully saturated rings. The van der Waals surface area contributed by atoms with Crippen LogP contribution in [0.2, 0.25) is 0 Å². The molecule has 0 unspecified atom stereocenters. The van der Waals surface area contributed by atoms with Gasteiger partial charge in [-0.2, -0.15) is 0 Å². The number of Topliss-reactive ketones (excluding diaryl/α,β-unsaturated/α-hetero) is 1. The van der Waals surface area contributed by atoms with E-state index in [1.54, 1.807) is 35.4 Å². The average molecular weight is 318 g/mol. The first-order valence-electron chi connectivity index (χ1n) is 7.83. The van der Waals surface area contributed by atoms with E-state index >= 15 is 0 Å². The second-order valence-electron chi connectivity index (χ2n) is 5.84. The molecule has 0 amide bonds. The normalized spacial score (nSPS) is 15.5. The van der Waals surface area contributed by atoms with Crippen LogP contribution in [0.15, 0.2) is 66.8 Å². The van der Waals surface area contributed by atoms with Gasteiger partial charge in [0.2, 0.25) is 0 Å². The van der Waals surface area contributed by atoms with E-state index in [2.05, 4.69) is 4.98 Å². The minimum absolute atomic E-state index is 0.0379. The molecule has 2 aromatic carbocycles. The molecule has 3 nitrogen and oxygen atoms in total. The van der Waals surface area contributed by atoms with E-state index in [0.717, 1.165) is 23.1 Å². The molecule has 0 N–H and O–H groups in total. The molecule has 1 aromatic heterocycles. The lowest BCUT2D eigenvalue weighted by atomic mass is 9.86. The van der Waals surface area contributed by atoms with Crippen LogP contribution in [-0.2, 0) is 6.42 Å². The number of fused-ring (bicyclic) bond motifs is 1. The summed E-state index contributed by atoms with van der Waals surface area (Å²) in [5.41, 5.74) is 3.70. The lowest BCUT2D eigenvalue weighted by Gasteiger charge is -2.17. The predicted molar refractivity (Wildman–Crippen MR) is 90.6 cm³/mol. The molecule has 1 aliphatic rings. The standard InChI is InChI=1S/C20H15FN2O/c21-18-12-14(5-8-19(18)23-10-9-22-13-23)11-16-7-6-15-3-1-2-4-17(15)20(16)24/h1-5,8-13H,6-7H2/b16-11+. The minimum atomic E-state index is -0.342. The molecule has 24 heavy (non-hydrogen) atoms. The summed E-state index contributed by atoms with van der Waals surface area (Å²) in [5.74, 6) is -0.304. The Morgan fingerprint density at radius 1 is 1.12 bits per heavy atom. The van der Waals surface area contributed by atoms with Crippen molar-refractivity contribution in [1.82, 2.24) is 9.55 Å². The van der Waals surface area contributed by atoms with Crippen LogP contribution in [0.4, 0.5) is 4.39 Å². The van der Waals surface area contributed by atoms with Crippen molar-refractivity contribution < 1.29 is 9.18 Å². The molecule has 0 saturated heterocycles. The van der Waals surface area contributed by atoms with Gasteiger partial charge in [-0.15, -0.1) is 0 Å². The number of nitrogens with zero attached hydrogens (tertiary/aromatic N) is 2. The number of aryl methyl sites for hydroxylation is 1. The summed E-state index contributed by atoms with van der Waals surface area (Å²) in [6.07, 6.45) is 8.16. The zero-order valence-electron chi connectivity index (χ0n) is 12.9. The molecule has 4 rings (SSSR count). The average Bonchev–Trinajstić information content (AvgIpc) is 3.12. The molecular weight excluding hydrogens is 303 g/mol. The predicted octanol–water partition coefficient (Wildman–Crippen LogP) is 4.22. The Morgan fingerprint density at radius 3 is 2.79 bits per heavy atom. The van der Waals surface area contributed by atoms with Crippen molar-refractivity contribution in [3.8, 4) is 5.69 Å². The van der Waals surface area contributed by atoms with Crippen LogP contribution in [-0.4, -0.2) is 15.3 Å². The maximum atomic E-state index is 14.3. The highest BCUT2D eigenvalue weighted by molar-refractivity contribution is 6.13. The Labute approximate surface area is 139 Å². The SMILES string of the molecule is O=C1/C(=C/c2ccc(-n3ccnc3)c(F)c2)CCc2ccccc21. The van der Waals surface area contributed by atoms with E-state index in [1.165, 1.54) is 6.07 Å². The first-order valence-corrected chi connectivity index (χ1v) is 7.83. The Bertz CT molecular complexity index is 942. The van der Waals surface area contributed by atoms with Crippen molar-refractivity contribution in [3.63, 3.8) is 0 Å². The third-order valence-electron chi connectivity index (χ3n) is 4.31. The van der Waals surface area contributed by atoms with Gasteiger partial charge in [0.1, 0.15) is 5.82 Å². The highest BCUT2D eigenvalue weighted by Gasteiger charge is 2.21. The van der Waals surface area contributed by atoms with Crippen LogP contribution < -0.4 is 0 Å². The van der Waals surface area contributed by atoms with Gasteiger partial charge in [-0.3, -0.25) is 4.79 Å². The summed E-state index contributed by atoms with van der Waals surface area (Å²) >= 11 is 0. The first-order chi connectivity index (χ1) is 11.7.